The molecular formula is C18H12CaN2O6S. The third-order valence-electron chi connectivity index (χ3n) is 3.89. The van der Waals surface area contributed by atoms with Gasteiger partial charge in [0.2, 0.25) is 5.78 Å². The number of aliphatic carboxylic acids is 1. The van der Waals surface area contributed by atoms with Crippen LogP contribution in [-0.4, -0.2) is 68.2 Å². The maximum atomic E-state index is 12.4. The van der Waals surface area contributed by atoms with Crippen molar-refractivity contribution < 1.29 is 27.7 Å². The number of hydrogen-bond donors (Lipinski definition) is 1. The molecule has 0 radical (unpaired) electrons. The first-order chi connectivity index (χ1) is 12.7. The molecule has 0 aliphatic heterocycles. The average Bonchev–Trinajstić information content (AvgIpc) is 2.60. The maximum Gasteiger partial charge on any atom is 2.00 e. The van der Waals surface area contributed by atoms with Crippen molar-refractivity contribution in [1.29, 1.82) is 0 Å². The maximum absolute atomic E-state index is 12.4. The summed E-state index contributed by atoms with van der Waals surface area (Å²) < 4.78 is 34.4. The molecule has 8 nitrogen and oxygen atoms in total. The van der Waals surface area contributed by atoms with Crippen molar-refractivity contribution in [3.63, 3.8) is 0 Å². The molecule has 0 unspecified atom stereocenters. The fourth-order valence-corrected chi connectivity index (χ4v) is 3.33. The van der Waals surface area contributed by atoms with Gasteiger partial charge >= 0.3 is 37.7 Å². The number of aryl methyl sites for hydroxylation is 1. The van der Waals surface area contributed by atoms with Gasteiger partial charge in [0.05, 0.1) is 16.6 Å². The van der Waals surface area contributed by atoms with Crippen molar-refractivity contribution in [1.82, 2.24) is 0 Å². The van der Waals surface area contributed by atoms with Crippen LogP contribution in [0.25, 0.3) is 6.08 Å². The van der Waals surface area contributed by atoms with Gasteiger partial charge in [-0.15, -0.1) is 0 Å². The molecule has 1 aliphatic carbocycles. The number of anilines is 1. The minimum atomic E-state index is -4.79. The summed E-state index contributed by atoms with van der Waals surface area (Å²) >= 11 is 0. The number of Topliss-reactive ketones (excluding diaryl/α,β-unsaturated/α-hetero) is 1. The molecule has 0 amide bonds. The van der Waals surface area contributed by atoms with E-state index in [4.69, 9.17) is 0 Å². The summed E-state index contributed by atoms with van der Waals surface area (Å²) in [5.74, 6) is -2.54. The Balaban J connectivity index is 0.00000280. The third-order valence-corrected chi connectivity index (χ3v) is 4.77. The molecule has 0 heterocycles. The van der Waals surface area contributed by atoms with Crippen LogP contribution in [0.4, 0.5) is 5.69 Å². The van der Waals surface area contributed by atoms with Crippen molar-refractivity contribution in [3.8, 4) is 0 Å². The molecule has 3 rings (SSSR count). The minimum Gasteiger partial charge on any atom is -0.744 e. The van der Waals surface area contributed by atoms with Crippen molar-refractivity contribution in [2.24, 2.45) is 5.10 Å². The smallest absolute Gasteiger partial charge is 0.744 e. The van der Waals surface area contributed by atoms with Gasteiger partial charge < -0.3 is 14.5 Å². The summed E-state index contributed by atoms with van der Waals surface area (Å²) in [7, 11) is -4.79. The Morgan fingerprint density at radius 1 is 1.14 bits per heavy atom. The summed E-state index contributed by atoms with van der Waals surface area (Å²) in [6, 6.07) is 10.5. The zero-order valence-electron chi connectivity index (χ0n) is 14.6. The zero-order valence-corrected chi connectivity index (χ0v) is 17.7. The Bertz CT molecular complexity index is 1140. The number of hydrazone groups is 1. The molecule has 0 aromatic heterocycles. The Morgan fingerprint density at radius 2 is 1.82 bits per heavy atom. The van der Waals surface area contributed by atoms with Crippen LogP contribution >= 0.6 is 0 Å². The van der Waals surface area contributed by atoms with Crippen LogP contribution in [0, 0.1) is 6.92 Å². The number of nitrogens with one attached hydrogen (secondary N) is 1. The third kappa shape index (κ3) is 4.50. The number of hydrogen-bond acceptors (Lipinski definition) is 8. The second-order valence-electron chi connectivity index (χ2n) is 5.79. The second kappa shape index (κ2) is 8.54. The fourth-order valence-electron chi connectivity index (χ4n) is 2.62. The van der Waals surface area contributed by atoms with Crippen LogP contribution in [-0.2, 0) is 19.7 Å². The van der Waals surface area contributed by atoms with E-state index in [1.165, 1.54) is 18.2 Å². The molecule has 0 saturated heterocycles. The summed E-state index contributed by atoms with van der Waals surface area (Å²) in [5, 5.41) is 15.1. The van der Waals surface area contributed by atoms with E-state index < -0.39 is 32.3 Å². The van der Waals surface area contributed by atoms with Crippen molar-refractivity contribution >= 4 is 77.1 Å². The van der Waals surface area contributed by atoms with E-state index in [2.05, 4.69) is 10.5 Å². The quantitative estimate of drug-likeness (QED) is 0.317. The molecule has 0 saturated carbocycles. The first-order valence-electron chi connectivity index (χ1n) is 7.66. The van der Waals surface area contributed by atoms with E-state index >= 15 is 0 Å². The number of carbonyl (C=O) groups excluding carboxylic acids is 2. The van der Waals surface area contributed by atoms with Gasteiger partial charge in [-0.2, -0.15) is 5.10 Å². The first-order valence-corrected chi connectivity index (χ1v) is 9.06. The van der Waals surface area contributed by atoms with Crippen LogP contribution in [0.1, 0.15) is 16.7 Å². The number of carboxylic acid groups (broad SMARTS) is 1. The van der Waals surface area contributed by atoms with Crippen LogP contribution in [0.2, 0.25) is 0 Å². The molecule has 2 aromatic carbocycles. The molecule has 0 spiro atoms. The van der Waals surface area contributed by atoms with E-state index in [1.807, 2.05) is 0 Å². The van der Waals surface area contributed by atoms with Crippen molar-refractivity contribution in [2.45, 2.75) is 11.8 Å². The molecular weight excluding hydrogens is 412 g/mol. The standard InChI is InChI=1S/C18H14N2O6S.Ca/c1-10-6-7-14(15(8-10)27(24,25)26)19-20-16-12-5-3-2-4-11(12)9-13(17(16)21)18(22)23;/h2-9,19H,1H3,(H,22,23)(H,24,25,26);/q;+2/p-2/b20-16-;. The zero-order chi connectivity index (χ0) is 19.8. The van der Waals surface area contributed by atoms with Crippen LogP contribution < -0.4 is 10.5 Å². The van der Waals surface area contributed by atoms with E-state index in [9.17, 15) is 27.7 Å². The van der Waals surface area contributed by atoms with Crippen LogP contribution in [0.3, 0.4) is 0 Å². The van der Waals surface area contributed by atoms with Crippen LogP contribution in [0.15, 0.2) is 58.0 Å². The minimum absolute atomic E-state index is 0. The molecule has 10 heteroatoms. The number of ketones is 1. The fraction of sp³-hybridized carbons (Fsp3) is 0.0556. The van der Waals surface area contributed by atoms with Crippen molar-refractivity contribution in [3.05, 3.63) is 64.7 Å². The summed E-state index contributed by atoms with van der Waals surface area (Å²) in [4.78, 5) is 23.1. The predicted molar refractivity (Wildman–Crippen MR) is 99.5 cm³/mol. The molecule has 1 aliphatic rings. The number of fused-ring (bicyclic) bond motifs is 1. The molecule has 28 heavy (non-hydrogen) atoms. The van der Waals surface area contributed by atoms with Gasteiger partial charge in [0.25, 0.3) is 0 Å². The van der Waals surface area contributed by atoms with Crippen molar-refractivity contribution in [2.75, 3.05) is 5.43 Å². The summed E-state index contributed by atoms with van der Waals surface area (Å²) in [5.41, 5.74) is 2.81. The average molecular weight is 424 g/mol. The molecule has 2 aromatic rings. The van der Waals surface area contributed by atoms with Gasteiger partial charge in [0.1, 0.15) is 15.8 Å². The number of carboxylic acids is 1. The molecule has 0 atom stereocenters. The molecule has 0 bridgehead atoms. The van der Waals surface area contributed by atoms with E-state index in [0.717, 1.165) is 0 Å². The summed E-state index contributed by atoms with van der Waals surface area (Å²) in [6.45, 7) is 1.61. The van der Waals surface area contributed by atoms with Crippen LogP contribution in [0.5, 0.6) is 0 Å². The van der Waals surface area contributed by atoms with Gasteiger partial charge in [-0.3, -0.25) is 10.2 Å². The van der Waals surface area contributed by atoms with E-state index in [1.54, 1.807) is 37.3 Å². The van der Waals surface area contributed by atoms with Gasteiger partial charge in [-0.05, 0) is 36.3 Å². The largest absolute Gasteiger partial charge is 2.00 e. The van der Waals surface area contributed by atoms with Gasteiger partial charge in [0, 0.05) is 11.1 Å². The Morgan fingerprint density at radius 3 is 2.46 bits per heavy atom. The molecule has 0 fully saturated rings. The van der Waals surface area contributed by atoms with E-state index in [0.29, 0.717) is 16.7 Å². The Kier molecular flexibility index (Phi) is 6.79. The number of nitrogens with zero attached hydrogens (tertiary/aromatic N) is 1. The second-order valence-corrected chi connectivity index (χ2v) is 7.14. The topological polar surface area (TPSA) is 139 Å². The first kappa shape index (κ1) is 22.3. The number of benzene rings is 2. The molecule has 138 valence electrons. The van der Waals surface area contributed by atoms with Gasteiger partial charge in [-0.1, -0.05) is 30.3 Å². The summed E-state index contributed by atoms with van der Waals surface area (Å²) in [6.07, 6.45) is 1.19. The normalized spacial score (nSPS) is 14.7. The molecule has 1 N–H and O–H groups in total. The number of rotatable bonds is 4. The SMILES string of the molecule is Cc1ccc(N/N=C2\C(=O)C(C(=O)[O-])=Cc3ccccc32)c(S(=O)(=O)[O-])c1.[Ca+2]. The monoisotopic (exact) mass is 424 g/mol. The predicted octanol–water partition coefficient (Wildman–Crippen LogP) is 0.0505. The van der Waals surface area contributed by atoms with Gasteiger partial charge in [0.15, 0.2) is 0 Å². The van der Waals surface area contributed by atoms with E-state index in [-0.39, 0.29) is 49.1 Å². The Labute approximate surface area is 190 Å². The number of carbonyl (C=O) groups is 2. The Hall–Kier alpha value is -2.04. The van der Waals surface area contributed by atoms with Gasteiger partial charge in [-0.25, -0.2) is 8.42 Å².